The van der Waals surface area contributed by atoms with E-state index in [1.54, 1.807) is 0 Å². The van der Waals surface area contributed by atoms with Crippen LogP contribution in [0.1, 0.15) is 0 Å². The molecule has 0 aromatic rings. The molecule has 0 heterocycles. The molecule has 4 heteroatoms. The molecule has 2 N–H and O–H groups in total. The zero-order valence-corrected chi connectivity index (χ0v) is 8.31. The van der Waals surface area contributed by atoms with Crippen LogP contribution in [-0.2, 0) is 4.12 Å². The highest BCUT2D eigenvalue weighted by Crippen LogP contribution is 1.99. The SMILES string of the molecule is C[Si](C)(C)O[SiH2]CN. The van der Waals surface area contributed by atoms with Crippen LogP contribution in [0.5, 0.6) is 0 Å². The minimum Gasteiger partial charge on any atom is -0.460 e. The minimum absolute atomic E-state index is 0.343. The van der Waals surface area contributed by atoms with Gasteiger partial charge < -0.3 is 9.85 Å². The maximum absolute atomic E-state index is 5.53. The Hall–Kier alpha value is 0.354. The lowest BCUT2D eigenvalue weighted by Gasteiger charge is -2.15. The Balaban J connectivity index is 3.11. The van der Waals surface area contributed by atoms with Gasteiger partial charge in [-0.05, 0) is 19.6 Å². The summed E-state index contributed by atoms with van der Waals surface area (Å²) in [4.78, 5) is 0. The van der Waals surface area contributed by atoms with Gasteiger partial charge in [-0.15, -0.1) is 0 Å². The lowest BCUT2D eigenvalue weighted by Crippen LogP contribution is -2.30. The van der Waals surface area contributed by atoms with Crippen LogP contribution in [0, 0.1) is 0 Å². The molecule has 0 spiro atoms. The van der Waals surface area contributed by atoms with E-state index in [-0.39, 0.29) is 9.76 Å². The van der Waals surface area contributed by atoms with Gasteiger partial charge in [-0.3, -0.25) is 0 Å². The predicted octanol–water partition coefficient (Wildman–Crippen LogP) is -0.162. The second-order valence-corrected chi connectivity index (χ2v) is 9.11. The van der Waals surface area contributed by atoms with Crippen molar-refractivity contribution >= 4 is 18.1 Å². The van der Waals surface area contributed by atoms with E-state index in [0.717, 1.165) is 6.17 Å². The number of nitrogens with two attached hydrogens (primary N) is 1. The summed E-state index contributed by atoms with van der Waals surface area (Å²) >= 11 is 0. The van der Waals surface area contributed by atoms with Gasteiger partial charge >= 0.3 is 0 Å². The second kappa shape index (κ2) is 3.39. The maximum atomic E-state index is 5.53. The fraction of sp³-hybridized carbons (Fsp3) is 1.00. The Morgan fingerprint density at radius 2 is 2.00 bits per heavy atom. The van der Waals surface area contributed by atoms with Crippen molar-refractivity contribution in [2.24, 2.45) is 5.73 Å². The molecule has 0 bridgehead atoms. The van der Waals surface area contributed by atoms with Crippen LogP contribution in [-0.4, -0.2) is 24.2 Å². The minimum atomic E-state index is -1.20. The quantitative estimate of drug-likeness (QED) is 0.566. The molecule has 0 amide bonds. The molecule has 8 heavy (non-hydrogen) atoms. The summed E-state index contributed by atoms with van der Waals surface area (Å²) in [5.74, 6) is 0. The van der Waals surface area contributed by atoms with E-state index in [2.05, 4.69) is 19.6 Å². The van der Waals surface area contributed by atoms with E-state index in [1.165, 1.54) is 0 Å². The maximum Gasteiger partial charge on any atom is 0.169 e. The van der Waals surface area contributed by atoms with Gasteiger partial charge in [0, 0.05) is 6.17 Å². The van der Waals surface area contributed by atoms with Crippen molar-refractivity contribution in [1.82, 2.24) is 0 Å². The summed E-state index contributed by atoms with van der Waals surface area (Å²) < 4.78 is 5.53. The van der Waals surface area contributed by atoms with Crippen LogP contribution in [0.2, 0.25) is 19.6 Å². The number of rotatable bonds is 3. The van der Waals surface area contributed by atoms with E-state index in [0.29, 0.717) is 0 Å². The molecular formula is C4H15NOSi2. The molecule has 0 aromatic heterocycles. The summed E-state index contributed by atoms with van der Waals surface area (Å²) in [6, 6.07) is 0. The molecule has 0 aromatic carbocycles. The third-order valence-corrected chi connectivity index (χ3v) is 5.17. The number of hydrogen-bond donors (Lipinski definition) is 1. The lowest BCUT2D eigenvalue weighted by atomic mass is 11.5. The third kappa shape index (κ3) is 6.35. The summed E-state index contributed by atoms with van der Waals surface area (Å²) in [7, 11) is -1.54. The average molecular weight is 149 g/mol. The topological polar surface area (TPSA) is 35.2 Å². The van der Waals surface area contributed by atoms with Crippen molar-refractivity contribution in [1.29, 1.82) is 0 Å². The lowest BCUT2D eigenvalue weighted by molar-refractivity contribution is 0.596. The molecule has 50 valence electrons. The molecular weight excluding hydrogens is 134 g/mol. The van der Waals surface area contributed by atoms with Crippen LogP contribution in [0.15, 0.2) is 0 Å². The first-order chi connectivity index (χ1) is 3.56. The largest absolute Gasteiger partial charge is 0.460 e. The fourth-order valence-corrected chi connectivity index (χ4v) is 3.29. The second-order valence-electron chi connectivity index (χ2n) is 2.75. The zero-order valence-electron chi connectivity index (χ0n) is 5.90. The molecule has 0 fully saturated rings. The standard InChI is InChI=1S/C4H15NOSi2/c1-8(2,3)6-7-4-5/h4-5,7H2,1-3H3. The Morgan fingerprint density at radius 3 is 2.12 bits per heavy atom. The van der Waals surface area contributed by atoms with E-state index >= 15 is 0 Å². The van der Waals surface area contributed by atoms with Crippen molar-refractivity contribution in [3.63, 3.8) is 0 Å². The van der Waals surface area contributed by atoms with Gasteiger partial charge in [-0.2, -0.15) is 0 Å². The van der Waals surface area contributed by atoms with Crippen molar-refractivity contribution < 1.29 is 4.12 Å². The normalized spacial score (nSPS) is 13.5. The fourth-order valence-electron chi connectivity index (χ4n) is 0.365. The van der Waals surface area contributed by atoms with E-state index < -0.39 is 8.32 Å². The first kappa shape index (κ1) is 8.35. The summed E-state index contributed by atoms with van der Waals surface area (Å²) in [5.41, 5.74) is 5.29. The van der Waals surface area contributed by atoms with Gasteiger partial charge in [-0.25, -0.2) is 0 Å². The van der Waals surface area contributed by atoms with Gasteiger partial charge in [0.1, 0.15) is 0 Å². The Bertz CT molecular complexity index is 61.5. The predicted molar refractivity (Wildman–Crippen MR) is 42.0 cm³/mol. The number of hydrogen-bond acceptors (Lipinski definition) is 2. The van der Waals surface area contributed by atoms with Gasteiger partial charge in [0.2, 0.25) is 0 Å². The van der Waals surface area contributed by atoms with Crippen molar-refractivity contribution in [2.75, 3.05) is 6.17 Å². The molecule has 0 rings (SSSR count). The van der Waals surface area contributed by atoms with Gasteiger partial charge in [0.25, 0.3) is 0 Å². The van der Waals surface area contributed by atoms with Gasteiger partial charge in [0.15, 0.2) is 18.1 Å². The van der Waals surface area contributed by atoms with Crippen LogP contribution >= 0.6 is 0 Å². The van der Waals surface area contributed by atoms with E-state index in [9.17, 15) is 0 Å². The van der Waals surface area contributed by atoms with Crippen molar-refractivity contribution in [3.8, 4) is 0 Å². The summed E-state index contributed by atoms with van der Waals surface area (Å²) in [5, 5.41) is 0. The monoisotopic (exact) mass is 149 g/mol. The third-order valence-electron chi connectivity index (χ3n) is 0.653. The molecule has 0 saturated carbocycles. The van der Waals surface area contributed by atoms with Crippen molar-refractivity contribution in [3.05, 3.63) is 0 Å². The first-order valence-electron chi connectivity index (χ1n) is 2.90. The zero-order chi connectivity index (χ0) is 6.62. The molecule has 2 nitrogen and oxygen atoms in total. The Kier molecular flexibility index (Phi) is 3.54. The van der Waals surface area contributed by atoms with E-state index in [1.807, 2.05) is 0 Å². The highest BCUT2D eigenvalue weighted by molar-refractivity contribution is 6.73. The summed E-state index contributed by atoms with van der Waals surface area (Å²) in [6.45, 7) is 6.57. The molecule has 0 aliphatic heterocycles. The molecule has 0 saturated heterocycles. The van der Waals surface area contributed by atoms with Gasteiger partial charge in [-0.1, -0.05) is 0 Å². The smallest absolute Gasteiger partial charge is 0.169 e. The van der Waals surface area contributed by atoms with Crippen LogP contribution < -0.4 is 5.73 Å². The van der Waals surface area contributed by atoms with Gasteiger partial charge in [0.05, 0.1) is 0 Å². The summed E-state index contributed by atoms with van der Waals surface area (Å²) in [6.07, 6.45) is 0.782. The van der Waals surface area contributed by atoms with Crippen LogP contribution in [0.25, 0.3) is 0 Å². The van der Waals surface area contributed by atoms with E-state index in [4.69, 9.17) is 9.85 Å². The van der Waals surface area contributed by atoms with Crippen molar-refractivity contribution in [2.45, 2.75) is 19.6 Å². The first-order valence-corrected chi connectivity index (χ1v) is 7.89. The molecule has 0 unspecified atom stereocenters. The highest BCUT2D eigenvalue weighted by atomic mass is 28.4. The average Bonchev–Trinajstić information content (AvgIpc) is 1.59. The molecule has 0 radical (unpaired) electrons. The van der Waals surface area contributed by atoms with Crippen LogP contribution in [0.3, 0.4) is 0 Å². The Labute approximate surface area is 54.5 Å². The molecule has 0 aliphatic rings. The molecule has 0 atom stereocenters. The highest BCUT2D eigenvalue weighted by Gasteiger charge is 2.11. The van der Waals surface area contributed by atoms with Crippen LogP contribution in [0.4, 0.5) is 0 Å². The molecule has 0 aliphatic carbocycles. The Morgan fingerprint density at radius 1 is 1.50 bits per heavy atom.